The molecule has 8 aliphatic carbocycles. The van der Waals surface area contributed by atoms with Crippen LogP contribution in [0.5, 0.6) is 0 Å². The minimum atomic E-state index is 0.0431. The van der Waals surface area contributed by atoms with E-state index in [2.05, 4.69) is 48.6 Å². The highest BCUT2D eigenvalue weighted by Crippen LogP contribution is 2.71. The number of rotatable bonds is 0. The molecule has 1 aliphatic heterocycles. The fourth-order valence-electron chi connectivity index (χ4n) is 11.7. The Morgan fingerprint density at radius 3 is 1.47 bits per heavy atom. The molecule has 1 aromatic rings. The van der Waals surface area contributed by atoms with Crippen molar-refractivity contribution in [3.05, 3.63) is 59.7 Å². The molecule has 0 N–H and O–H groups in total. The molecule has 14 atom stereocenters. The summed E-state index contributed by atoms with van der Waals surface area (Å²) in [5, 5.41) is 0. The fraction of sp³-hybridized carbons (Fsp3) is 0.636. The van der Waals surface area contributed by atoms with Crippen LogP contribution in [0.1, 0.15) is 62.5 Å². The number of fused-ring (bicyclic) bond motifs is 24. The summed E-state index contributed by atoms with van der Waals surface area (Å²) in [5.74, 6) is 9.88. The number of nitrogens with zero attached hydrogens (tertiary/aromatic N) is 1. The van der Waals surface area contributed by atoms with Gasteiger partial charge in [-0.05, 0) is 108 Å². The van der Waals surface area contributed by atoms with E-state index in [4.69, 9.17) is 0 Å². The number of carbonyl (C=O) groups is 2. The molecule has 3 heteroatoms. The predicted molar refractivity (Wildman–Crippen MR) is 140 cm³/mol. The average Bonchev–Trinajstić information content (AvgIpc) is 3.77. The van der Waals surface area contributed by atoms with Gasteiger partial charge in [-0.15, -0.1) is 0 Å². The Morgan fingerprint density at radius 2 is 1.03 bits per heavy atom. The molecule has 1 saturated heterocycles. The highest BCUT2D eigenvalue weighted by molar-refractivity contribution is 6.05. The van der Waals surface area contributed by atoms with Gasteiger partial charge in [0, 0.05) is 7.05 Å². The Bertz CT molecular complexity index is 1110. The number of amides is 2. The van der Waals surface area contributed by atoms with Crippen molar-refractivity contribution >= 4 is 11.8 Å². The van der Waals surface area contributed by atoms with Gasteiger partial charge in [-0.2, -0.15) is 0 Å². The Morgan fingerprint density at radius 1 is 0.611 bits per heavy atom. The monoisotopic (exact) mass is 481 g/mol. The molecular weight excluding hydrogens is 442 g/mol. The Labute approximate surface area is 215 Å². The molecule has 2 amide bonds. The Kier molecular flexibility index (Phi) is 4.53. The maximum atomic E-state index is 12.3. The second-order valence-electron chi connectivity index (χ2n) is 13.1. The first-order chi connectivity index (χ1) is 17.6. The van der Waals surface area contributed by atoms with E-state index in [9.17, 15) is 9.59 Å². The van der Waals surface area contributed by atoms with Crippen molar-refractivity contribution < 1.29 is 9.59 Å². The molecule has 1 aromatic carbocycles. The third-order valence-electron chi connectivity index (χ3n) is 12.5. The van der Waals surface area contributed by atoms with E-state index in [-0.39, 0.29) is 23.7 Å². The van der Waals surface area contributed by atoms with Crippen molar-refractivity contribution in [1.29, 1.82) is 0 Å². The van der Waals surface area contributed by atoms with Crippen molar-refractivity contribution in [1.82, 2.24) is 4.90 Å². The summed E-state index contributed by atoms with van der Waals surface area (Å²) in [6, 6.07) is 9.26. The first kappa shape index (κ1) is 21.9. The number of likely N-dealkylation sites (tertiary alicyclic amines) is 1. The van der Waals surface area contributed by atoms with E-state index in [1.165, 1.54) is 24.2 Å². The van der Waals surface area contributed by atoms with Crippen LogP contribution in [-0.4, -0.2) is 23.8 Å². The van der Waals surface area contributed by atoms with Crippen LogP contribution < -0.4 is 0 Å². The van der Waals surface area contributed by atoms with Gasteiger partial charge in [-0.1, -0.05) is 62.4 Å². The van der Waals surface area contributed by atoms with Gasteiger partial charge in [0.2, 0.25) is 11.8 Å². The van der Waals surface area contributed by atoms with Crippen molar-refractivity contribution in [2.45, 2.75) is 51.4 Å². The van der Waals surface area contributed by atoms with Gasteiger partial charge in [-0.25, -0.2) is 0 Å². The lowest BCUT2D eigenvalue weighted by molar-refractivity contribution is -0.139. The SMILES string of the molecule is C1=CC2CC1C1C3CC(c4ccccc43)C21.CC.CN1C(=O)C2C3CC(C2C1=O)C1C2C=CC(C2)C31. The minimum absolute atomic E-state index is 0.0431. The lowest BCUT2D eigenvalue weighted by Gasteiger charge is -2.36. The summed E-state index contributed by atoms with van der Waals surface area (Å²) >= 11 is 0. The largest absolute Gasteiger partial charge is 0.285 e. The van der Waals surface area contributed by atoms with Crippen LogP contribution in [0, 0.1) is 71.0 Å². The molecule has 8 bridgehead atoms. The van der Waals surface area contributed by atoms with Gasteiger partial charge < -0.3 is 0 Å². The zero-order valence-electron chi connectivity index (χ0n) is 21.8. The van der Waals surface area contributed by atoms with Crippen molar-refractivity contribution in [2.24, 2.45) is 71.0 Å². The number of hydrogen-bond donors (Lipinski definition) is 0. The normalized spacial score (nSPS) is 51.7. The van der Waals surface area contributed by atoms with Gasteiger partial charge in [0.1, 0.15) is 0 Å². The summed E-state index contributed by atoms with van der Waals surface area (Å²) in [7, 11) is 1.67. The topological polar surface area (TPSA) is 37.4 Å². The van der Waals surface area contributed by atoms with Gasteiger partial charge in [0.15, 0.2) is 0 Å². The van der Waals surface area contributed by atoms with Crippen LogP contribution in [-0.2, 0) is 9.59 Å². The molecule has 188 valence electrons. The van der Waals surface area contributed by atoms with Gasteiger partial charge in [0.25, 0.3) is 0 Å². The molecule has 0 spiro atoms. The van der Waals surface area contributed by atoms with Crippen LogP contribution in [0.25, 0.3) is 0 Å². The molecule has 14 unspecified atom stereocenters. The first-order valence-corrected chi connectivity index (χ1v) is 14.9. The van der Waals surface area contributed by atoms with Crippen molar-refractivity contribution in [3.8, 4) is 0 Å². The maximum absolute atomic E-state index is 12.3. The molecule has 6 fully saturated rings. The van der Waals surface area contributed by atoms with Crippen LogP contribution in [0.4, 0.5) is 0 Å². The van der Waals surface area contributed by atoms with Gasteiger partial charge >= 0.3 is 0 Å². The summed E-state index contributed by atoms with van der Waals surface area (Å²) < 4.78 is 0. The zero-order valence-corrected chi connectivity index (χ0v) is 21.8. The molecule has 10 rings (SSSR count). The number of imide groups is 1. The second kappa shape index (κ2) is 7.45. The molecule has 9 aliphatic rings. The van der Waals surface area contributed by atoms with Crippen molar-refractivity contribution in [3.63, 3.8) is 0 Å². The van der Waals surface area contributed by atoms with E-state index in [0.717, 1.165) is 53.8 Å². The average molecular weight is 482 g/mol. The highest BCUT2D eigenvalue weighted by Gasteiger charge is 2.70. The maximum Gasteiger partial charge on any atom is 0.233 e. The molecule has 0 radical (unpaired) electrons. The van der Waals surface area contributed by atoms with Crippen LogP contribution >= 0.6 is 0 Å². The second-order valence-corrected chi connectivity index (χ2v) is 13.1. The van der Waals surface area contributed by atoms with Crippen molar-refractivity contribution in [2.75, 3.05) is 7.05 Å². The molecule has 1 heterocycles. The third kappa shape index (κ3) is 2.46. The van der Waals surface area contributed by atoms with Crippen LogP contribution in [0.3, 0.4) is 0 Å². The number of benzene rings is 1. The number of allylic oxidation sites excluding steroid dienone is 4. The molecule has 36 heavy (non-hydrogen) atoms. The van der Waals surface area contributed by atoms with E-state index >= 15 is 0 Å². The smallest absolute Gasteiger partial charge is 0.233 e. The van der Waals surface area contributed by atoms with Crippen LogP contribution in [0.2, 0.25) is 0 Å². The van der Waals surface area contributed by atoms with E-state index < -0.39 is 0 Å². The number of carbonyl (C=O) groups excluding carboxylic acids is 2. The third-order valence-corrected chi connectivity index (χ3v) is 12.5. The number of hydrogen-bond acceptors (Lipinski definition) is 2. The lowest BCUT2D eigenvalue weighted by atomic mass is 9.65. The molecule has 5 saturated carbocycles. The molecule has 0 aromatic heterocycles. The molecule has 3 nitrogen and oxygen atoms in total. The van der Waals surface area contributed by atoms with Crippen LogP contribution in [0.15, 0.2) is 48.6 Å². The molecular formula is C33H39NO2. The van der Waals surface area contributed by atoms with E-state index in [0.29, 0.717) is 23.7 Å². The lowest BCUT2D eigenvalue weighted by Crippen LogP contribution is -2.38. The summed E-state index contributed by atoms with van der Waals surface area (Å²) in [6.45, 7) is 4.00. The van der Waals surface area contributed by atoms with Gasteiger partial charge in [0.05, 0.1) is 11.8 Å². The Balaban J connectivity index is 0.000000108. The Hall–Kier alpha value is -2.16. The van der Waals surface area contributed by atoms with E-state index in [1.807, 2.05) is 13.8 Å². The quantitative estimate of drug-likeness (QED) is 0.257. The zero-order chi connectivity index (χ0) is 24.5. The van der Waals surface area contributed by atoms with Gasteiger partial charge in [-0.3, -0.25) is 14.5 Å². The summed E-state index contributed by atoms with van der Waals surface area (Å²) in [6.07, 6.45) is 15.2. The van der Waals surface area contributed by atoms with E-state index in [1.54, 1.807) is 18.2 Å². The fourth-order valence-corrected chi connectivity index (χ4v) is 11.7. The summed E-state index contributed by atoms with van der Waals surface area (Å²) in [5.41, 5.74) is 3.41. The highest BCUT2D eigenvalue weighted by atomic mass is 16.2. The predicted octanol–water partition coefficient (Wildman–Crippen LogP) is 6.04. The standard InChI is InChI=1S/C16H16.C15H17NO2.C2H6/c1-2-4-12-11(3-1)13-8-14(12)16-10-6-5-9(7-10)15(13)16;1-16-14(17)12-8-5-9(13(12)15(16)18)11-7-3-2-6(4-7)10(8)11;1-2/h1-6,9-10,13-16H,7-8H2;2-3,6-13H,4-5H2,1H3;1-2H3. The first-order valence-electron chi connectivity index (χ1n) is 14.9. The summed E-state index contributed by atoms with van der Waals surface area (Å²) in [4.78, 5) is 25.9. The minimum Gasteiger partial charge on any atom is -0.285 e.